The van der Waals surface area contributed by atoms with Gasteiger partial charge in [-0.1, -0.05) is 30.3 Å². The first-order valence-electron chi connectivity index (χ1n) is 10.1. The summed E-state index contributed by atoms with van der Waals surface area (Å²) < 4.78 is 12.6. The van der Waals surface area contributed by atoms with Crippen LogP contribution in [0.4, 0.5) is 5.69 Å². The SMILES string of the molecule is COc1ccc(C(=O)Nc2ccc3c(c2)nc(CCc2ccccc2)n3C)cc1OC. The van der Waals surface area contributed by atoms with E-state index < -0.39 is 0 Å². The number of rotatable bonds is 7. The summed E-state index contributed by atoms with van der Waals surface area (Å²) in [5.41, 5.74) is 4.36. The van der Waals surface area contributed by atoms with Gasteiger partial charge in [0.25, 0.3) is 5.91 Å². The first-order valence-corrected chi connectivity index (χ1v) is 10.1. The summed E-state index contributed by atoms with van der Waals surface area (Å²) in [6.45, 7) is 0. The molecule has 158 valence electrons. The van der Waals surface area contributed by atoms with E-state index in [2.05, 4.69) is 34.1 Å². The molecule has 0 bridgehead atoms. The molecule has 1 aromatic heterocycles. The van der Waals surface area contributed by atoms with Crippen LogP contribution in [-0.2, 0) is 19.9 Å². The van der Waals surface area contributed by atoms with E-state index in [-0.39, 0.29) is 5.91 Å². The number of fused-ring (bicyclic) bond motifs is 1. The van der Waals surface area contributed by atoms with Crippen molar-refractivity contribution in [2.45, 2.75) is 12.8 Å². The summed E-state index contributed by atoms with van der Waals surface area (Å²) >= 11 is 0. The lowest BCUT2D eigenvalue weighted by molar-refractivity contribution is 0.102. The lowest BCUT2D eigenvalue weighted by atomic mass is 10.1. The number of nitrogens with one attached hydrogen (secondary N) is 1. The average Bonchev–Trinajstić information content (AvgIpc) is 3.12. The highest BCUT2D eigenvalue weighted by atomic mass is 16.5. The number of carbonyl (C=O) groups excluding carboxylic acids is 1. The Kier molecular flexibility index (Phi) is 5.89. The topological polar surface area (TPSA) is 65.4 Å². The van der Waals surface area contributed by atoms with Crippen molar-refractivity contribution in [3.05, 3.63) is 83.7 Å². The summed E-state index contributed by atoms with van der Waals surface area (Å²) in [5, 5.41) is 2.94. The molecule has 0 fully saturated rings. The lowest BCUT2D eigenvalue weighted by Gasteiger charge is -2.10. The second-order valence-corrected chi connectivity index (χ2v) is 7.30. The summed E-state index contributed by atoms with van der Waals surface area (Å²) in [5.74, 6) is 1.89. The van der Waals surface area contributed by atoms with E-state index >= 15 is 0 Å². The zero-order valence-electron chi connectivity index (χ0n) is 17.9. The third kappa shape index (κ3) is 4.38. The number of methoxy groups -OCH3 is 2. The number of hydrogen-bond donors (Lipinski definition) is 1. The van der Waals surface area contributed by atoms with Gasteiger partial charge in [-0.15, -0.1) is 0 Å². The maximum Gasteiger partial charge on any atom is 0.255 e. The third-order valence-corrected chi connectivity index (χ3v) is 5.36. The number of benzene rings is 3. The van der Waals surface area contributed by atoms with Crippen molar-refractivity contribution < 1.29 is 14.3 Å². The first-order chi connectivity index (χ1) is 15.1. The molecule has 0 saturated carbocycles. The second-order valence-electron chi connectivity index (χ2n) is 7.30. The Balaban J connectivity index is 1.52. The van der Waals surface area contributed by atoms with Crippen LogP contribution in [0.15, 0.2) is 66.7 Å². The van der Waals surface area contributed by atoms with Crippen LogP contribution in [0.2, 0.25) is 0 Å². The smallest absolute Gasteiger partial charge is 0.255 e. The van der Waals surface area contributed by atoms with Crippen molar-refractivity contribution in [2.24, 2.45) is 7.05 Å². The van der Waals surface area contributed by atoms with Gasteiger partial charge in [0.15, 0.2) is 11.5 Å². The highest BCUT2D eigenvalue weighted by Crippen LogP contribution is 2.28. The van der Waals surface area contributed by atoms with Crippen LogP contribution in [0, 0.1) is 0 Å². The highest BCUT2D eigenvalue weighted by Gasteiger charge is 2.13. The van der Waals surface area contributed by atoms with Gasteiger partial charge in [-0.2, -0.15) is 0 Å². The number of hydrogen-bond acceptors (Lipinski definition) is 4. The third-order valence-electron chi connectivity index (χ3n) is 5.36. The molecule has 4 rings (SSSR count). The number of carbonyl (C=O) groups is 1. The van der Waals surface area contributed by atoms with Crippen LogP contribution in [0.1, 0.15) is 21.7 Å². The molecule has 4 aromatic rings. The minimum atomic E-state index is -0.222. The van der Waals surface area contributed by atoms with Gasteiger partial charge in [0, 0.05) is 24.7 Å². The molecular formula is C25H25N3O3. The maximum absolute atomic E-state index is 12.7. The molecule has 1 N–H and O–H groups in total. The van der Waals surface area contributed by atoms with Gasteiger partial charge in [-0.05, 0) is 48.4 Å². The molecule has 0 aliphatic heterocycles. The predicted molar refractivity (Wildman–Crippen MR) is 122 cm³/mol. The summed E-state index contributed by atoms with van der Waals surface area (Å²) in [4.78, 5) is 17.5. The highest BCUT2D eigenvalue weighted by molar-refractivity contribution is 6.05. The normalized spacial score (nSPS) is 10.8. The summed E-state index contributed by atoms with van der Waals surface area (Å²) in [7, 11) is 5.13. The summed E-state index contributed by atoms with van der Waals surface area (Å²) in [6.07, 6.45) is 1.78. The van der Waals surface area contributed by atoms with Crippen LogP contribution in [-0.4, -0.2) is 29.7 Å². The molecule has 31 heavy (non-hydrogen) atoms. The largest absolute Gasteiger partial charge is 0.493 e. The molecule has 0 aliphatic rings. The Bertz CT molecular complexity index is 1220. The molecular weight excluding hydrogens is 390 g/mol. The molecule has 1 heterocycles. The van der Waals surface area contributed by atoms with Gasteiger partial charge in [-0.25, -0.2) is 4.98 Å². The molecule has 1 amide bonds. The van der Waals surface area contributed by atoms with Gasteiger partial charge in [0.1, 0.15) is 5.82 Å². The lowest BCUT2D eigenvalue weighted by Crippen LogP contribution is -2.12. The van der Waals surface area contributed by atoms with E-state index in [1.54, 1.807) is 32.4 Å². The van der Waals surface area contributed by atoms with E-state index in [1.807, 2.05) is 31.3 Å². The quantitative estimate of drug-likeness (QED) is 0.478. The standard InChI is InChI=1S/C25H25N3O3/c1-28-21-12-11-19(26-25(29)18-10-13-22(30-2)23(15-18)31-3)16-20(21)27-24(28)14-9-17-7-5-4-6-8-17/h4-8,10-13,15-16H,9,14H2,1-3H3,(H,26,29). The maximum atomic E-state index is 12.7. The van der Waals surface area contributed by atoms with Gasteiger partial charge in [0.2, 0.25) is 0 Å². The minimum Gasteiger partial charge on any atom is -0.493 e. The average molecular weight is 415 g/mol. The van der Waals surface area contributed by atoms with Crippen molar-refractivity contribution in [2.75, 3.05) is 19.5 Å². The number of ether oxygens (including phenoxy) is 2. The fourth-order valence-electron chi connectivity index (χ4n) is 3.63. The van der Waals surface area contributed by atoms with Crippen LogP contribution < -0.4 is 14.8 Å². The van der Waals surface area contributed by atoms with Crippen molar-refractivity contribution in [3.8, 4) is 11.5 Å². The van der Waals surface area contributed by atoms with Gasteiger partial charge >= 0.3 is 0 Å². The van der Waals surface area contributed by atoms with Crippen LogP contribution in [0.5, 0.6) is 11.5 Å². The van der Waals surface area contributed by atoms with E-state index in [0.717, 1.165) is 29.7 Å². The Morgan fingerprint density at radius 1 is 0.935 bits per heavy atom. The van der Waals surface area contributed by atoms with Crippen LogP contribution in [0.25, 0.3) is 11.0 Å². The number of aromatic nitrogens is 2. The predicted octanol–water partition coefficient (Wildman–Crippen LogP) is 4.63. The van der Waals surface area contributed by atoms with Crippen LogP contribution >= 0.6 is 0 Å². The molecule has 6 nitrogen and oxygen atoms in total. The van der Waals surface area contributed by atoms with Crippen molar-refractivity contribution in [1.29, 1.82) is 0 Å². The van der Waals surface area contributed by atoms with Crippen LogP contribution in [0.3, 0.4) is 0 Å². The Morgan fingerprint density at radius 2 is 1.71 bits per heavy atom. The van der Waals surface area contributed by atoms with E-state index in [1.165, 1.54) is 5.56 Å². The Hall–Kier alpha value is -3.80. The van der Waals surface area contributed by atoms with Crippen molar-refractivity contribution in [3.63, 3.8) is 0 Å². The number of aryl methyl sites for hydroxylation is 3. The Labute approximate surface area is 181 Å². The molecule has 3 aromatic carbocycles. The van der Waals surface area contributed by atoms with E-state index in [0.29, 0.717) is 22.7 Å². The molecule has 0 saturated heterocycles. The van der Waals surface area contributed by atoms with Gasteiger partial charge < -0.3 is 19.4 Å². The van der Waals surface area contributed by atoms with Gasteiger partial charge in [-0.3, -0.25) is 4.79 Å². The fraction of sp³-hybridized carbons (Fsp3) is 0.200. The number of amides is 1. The minimum absolute atomic E-state index is 0.222. The van der Waals surface area contributed by atoms with E-state index in [4.69, 9.17) is 14.5 Å². The van der Waals surface area contributed by atoms with Crippen molar-refractivity contribution in [1.82, 2.24) is 9.55 Å². The molecule has 0 radical (unpaired) electrons. The number of imidazole rings is 1. The number of anilines is 1. The van der Waals surface area contributed by atoms with Crippen molar-refractivity contribution >= 4 is 22.6 Å². The molecule has 0 atom stereocenters. The Morgan fingerprint density at radius 3 is 2.45 bits per heavy atom. The van der Waals surface area contributed by atoms with E-state index in [9.17, 15) is 4.79 Å². The first kappa shape index (κ1) is 20.5. The zero-order valence-corrected chi connectivity index (χ0v) is 17.9. The fourth-order valence-corrected chi connectivity index (χ4v) is 3.63. The molecule has 6 heteroatoms. The second kappa shape index (κ2) is 8.92. The summed E-state index contributed by atoms with van der Waals surface area (Å²) in [6, 6.07) is 21.3. The molecule has 0 spiro atoms. The number of nitrogens with zero attached hydrogens (tertiary/aromatic N) is 2. The van der Waals surface area contributed by atoms with Gasteiger partial charge in [0.05, 0.1) is 25.3 Å². The molecule has 0 aliphatic carbocycles. The monoisotopic (exact) mass is 415 g/mol. The zero-order chi connectivity index (χ0) is 21.8. The molecule has 0 unspecified atom stereocenters.